The van der Waals surface area contributed by atoms with Gasteiger partial charge in [0.05, 0.1) is 5.39 Å². The molecule has 3 saturated carbocycles. The van der Waals surface area contributed by atoms with Gasteiger partial charge in [0, 0.05) is 24.8 Å². The molecule has 1 aliphatic heterocycles. The van der Waals surface area contributed by atoms with E-state index in [0.29, 0.717) is 24.0 Å². The van der Waals surface area contributed by atoms with Gasteiger partial charge in [0.15, 0.2) is 11.6 Å². The predicted molar refractivity (Wildman–Crippen MR) is 107 cm³/mol. The van der Waals surface area contributed by atoms with Gasteiger partial charge in [0.25, 0.3) is 0 Å². The molecule has 29 heavy (non-hydrogen) atoms. The lowest BCUT2D eigenvalue weighted by atomic mass is 9.49. The van der Waals surface area contributed by atoms with Crippen LogP contribution >= 0.6 is 0 Å². The first-order valence-corrected chi connectivity index (χ1v) is 10.4. The first-order valence-electron chi connectivity index (χ1n) is 10.4. The maximum absolute atomic E-state index is 15.0. The number of halogens is 1. The van der Waals surface area contributed by atoms with Gasteiger partial charge in [-0.1, -0.05) is 6.92 Å². The van der Waals surface area contributed by atoms with Crippen molar-refractivity contribution in [3.05, 3.63) is 33.9 Å². The lowest BCUT2D eigenvalue weighted by Crippen LogP contribution is -2.59. The molecule has 3 aliphatic carbocycles. The number of hydrogen-bond acceptors (Lipinski definition) is 5. The van der Waals surface area contributed by atoms with E-state index >= 15 is 0 Å². The van der Waals surface area contributed by atoms with Crippen molar-refractivity contribution < 1.29 is 14.3 Å². The molecule has 1 unspecified atom stereocenters. The van der Waals surface area contributed by atoms with Gasteiger partial charge < -0.3 is 19.9 Å². The van der Waals surface area contributed by atoms with Crippen molar-refractivity contribution in [3.63, 3.8) is 0 Å². The molecule has 0 spiro atoms. The largest absolute Gasteiger partial charge is 0.477 e. The fourth-order valence-electron chi connectivity index (χ4n) is 5.22. The molecule has 2 aromatic heterocycles. The summed E-state index contributed by atoms with van der Waals surface area (Å²) in [4.78, 5) is 30.9. The molecule has 4 aliphatic rings. The number of aromatic carboxylic acids is 1. The summed E-state index contributed by atoms with van der Waals surface area (Å²) in [5.41, 5.74) is -0.742. The number of fused-ring (bicyclic) bond motifs is 1. The standard InChI is InChI=1S/C21H25FN4O3/c1-2-23-9-12-3-4-25(10-12)19-16(22)5-14-17(27)15(20(28)29)11-26(18(14)24-19)21-6-13(7-21)8-21/h5,11-13,23H,2-4,6-10H2,1H3,(H,28,29). The summed E-state index contributed by atoms with van der Waals surface area (Å²) in [5.74, 6) is -0.485. The zero-order valence-electron chi connectivity index (χ0n) is 16.4. The molecule has 8 heteroatoms. The molecule has 2 N–H and O–H groups in total. The van der Waals surface area contributed by atoms with Crippen LogP contribution in [0.5, 0.6) is 0 Å². The zero-order chi connectivity index (χ0) is 20.3. The Labute approximate surface area is 167 Å². The van der Waals surface area contributed by atoms with Crippen LogP contribution in [0, 0.1) is 17.7 Å². The van der Waals surface area contributed by atoms with Crippen molar-refractivity contribution in [2.45, 2.75) is 38.1 Å². The second-order valence-corrected chi connectivity index (χ2v) is 8.82. The molecule has 1 atom stereocenters. The Bertz CT molecular complexity index is 1050. The Hall–Kier alpha value is -2.48. The van der Waals surface area contributed by atoms with Crippen LogP contribution in [-0.2, 0) is 5.54 Å². The lowest BCUT2D eigenvalue weighted by molar-refractivity contribution is -0.0864. The number of anilines is 1. The molecule has 3 heterocycles. The normalized spacial score (nSPS) is 27.7. The van der Waals surface area contributed by atoms with E-state index in [2.05, 4.69) is 17.2 Å². The van der Waals surface area contributed by atoms with Crippen LogP contribution in [-0.4, -0.2) is 46.8 Å². The monoisotopic (exact) mass is 400 g/mol. The van der Waals surface area contributed by atoms with Crippen LogP contribution in [0.2, 0.25) is 0 Å². The van der Waals surface area contributed by atoms with Crippen LogP contribution in [0.4, 0.5) is 10.2 Å². The summed E-state index contributed by atoms with van der Waals surface area (Å²) >= 11 is 0. The third-order valence-electron chi connectivity index (χ3n) is 6.93. The minimum absolute atomic E-state index is 0.0549. The van der Waals surface area contributed by atoms with Crippen molar-refractivity contribution in [3.8, 4) is 0 Å². The summed E-state index contributed by atoms with van der Waals surface area (Å²) < 4.78 is 16.8. The first kappa shape index (κ1) is 18.5. The maximum Gasteiger partial charge on any atom is 0.341 e. The lowest BCUT2D eigenvalue weighted by Gasteiger charge is -2.62. The van der Waals surface area contributed by atoms with Crippen molar-refractivity contribution >= 4 is 22.8 Å². The second kappa shape index (κ2) is 6.52. The Morgan fingerprint density at radius 3 is 2.79 bits per heavy atom. The Kier molecular flexibility index (Phi) is 4.17. The molecular formula is C21H25FN4O3. The highest BCUT2D eigenvalue weighted by Gasteiger charge is 2.58. The molecule has 7 nitrogen and oxygen atoms in total. The summed E-state index contributed by atoms with van der Waals surface area (Å²) in [5, 5.41) is 12.9. The van der Waals surface area contributed by atoms with Crippen molar-refractivity contribution in [2.24, 2.45) is 11.8 Å². The van der Waals surface area contributed by atoms with Gasteiger partial charge >= 0.3 is 5.97 Å². The highest BCUT2D eigenvalue weighted by molar-refractivity contribution is 5.92. The van der Waals surface area contributed by atoms with E-state index in [-0.39, 0.29) is 22.3 Å². The van der Waals surface area contributed by atoms with E-state index in [1.165, 1.54) is 12.3 Å². The minimum atomic E-state index is -1.28. The van der Waals surface area contributed by atoms with Gasteiger partial charge in [-0.05, 0) is 56.7 Å². The third-order valence-corrected chi connectivity index (χ3v) is 6.93. The van der Waals surface area contributed by atoms with E-state index in [0.717, 1.165) is 45.3 Å². The summed E-state index contributed by atoms with van der Waals surface area (Å²) in [6.45, 7) is 5.29. The van der Waals surface area contributed by atoms with Gasteiger partial charge in [-0.3, -0.25) is 4.79 Å². The molecule has 2 bridgehead atoms. The van der Waals surface area contributed by atoms with E-state index in [1.807, 2.05) is 9.47 Å². The molecule has 0 amide bonds. The molecule has 154 valence electrons. The van der Waals surface area contributed by atoms with Crippen LogP contribution in [0.15, 0.2) is 17.1 Å². The molecule has 6 rings (SSSR count). The Morgan fingerprint density at radius 2 is 2.17 bits per heavy atom. The van der Waals surface area contributed by atoms with Gasteiger partial charge in [0.2, 0.25) is 5.43 Å². The molecular weight excluding hydrogens is 375 g/mol. The fraction of sp³-hybridized carbons (Fsp3) is 0.571. The molecule has 0 radical (unpaired) electrons. The van der Waals surface area contributed by atoms with Crippen LogP contribution in [0.25, 0.3) is 11.0 Å². The van der Waals surface area contributed by atoms with Gasteiger partial charge in [-0.2, -0.15) is 0 Å². The second-order valence-electron chi connectivity index (χ2n) is 8.82. The van der Waals surface area contributed by atoms with Crippen molar-refractivity contribution in [1.82, 2.24) is 14.9 Å². The Balaban J connectivity index is 1.60. The number of hydrogen-bond donors (Lipinski definition) is 2. The van der Waals surface area contributed by atoms with E-state index in [4.69, 9.17) is 0 Å². The van der Waals surface area contributed by atoms with E-state index < -0.39 is 17.2 Å². The Morgan fingerprint density at radius 1 is 1.41 bits per heavy atom. The third kappa shape index (κ3) is 2.76. The molecule has 4 fully saturated rings. The van der Waals surface area contributed by atoms with Gasteiger partial charge in [-0.15, -0.1) is 0 Å². The number of aromatic nitrogens is 2. The zero-order valence-corrected chi connectivity index (χ0v) is 16.4. The van der Waals surface area contributed by atoms with Gasteiger partial charge in [0.1, 0.15) is 11.2 Å². The molecule has 1 saturated heterocycles. The highest BCUT2D eigenvalue weighted by atomic mass is 19.1. The van der Waals surface area contributed by atoms with Crippen LogP contribution in [0.3, 0.4) is 0 Å². The van der Waals surface area contributed by atoms with E-state index in [9.17, 15) is 19.1 Å². The quantitative estimate of drug-likeness (QED) is 0.773. The predicted octanol–water partition coefficient (Wildman–Crippen LogP) is 2.18. The molecule has 2 aromatic rings. The number of rotatable bonds is 6. The smallest absolute Gasteiger partial charge is 0.341 e. The van der Waals surface area contributed by atoms with Crippen LogP contribution < -0.4 is 15.6 Å². The SMILES string of the molecule is CCNCC1CCN(c2nc3c(cc2F)c(=O)c(C(=O)O)cn3C23CC(C2)C3)C1. The summed E-state index contributed by atoms with van der Waals surface area (Å²) in [6.07, 6.45) is 5.28. The van der Waals surface area contributed by atoms with E-state index in [1.54, 1.807) is 0 Å². The van der Waals surface area contributed by atoms with Crippen LogP contribution in [0.1, 0.15) is 43.0 Å². The molecule has 0 aromatic carbocycles. The number of pyridine rings is 2. The maximum atomic E-state index is 15.0. The average molecular weight is 400 g/mol. The first-order chi connectivity index (χ1) is 13.9. The highest BCUT2D eigenvalue weighted by Crippen LogP contribution is 2.62. The van der Waals surface area contributed by atoms with Crippen molar-refractivity contribution in [2.75, 3.05) is 31.1 Å². The number of carbonyl (C=O) groups is 1. The summed E-state index contributed by atoms with van der Waals surface area (Å²) in [7, 11) is 0. The van der Waals surface area contributed by atoms with Gasteiger partial charge in [-0.25, -0.2) is 14.2 Å². The topological polar surface area (TPSA) is 87.5 Å². The minimum Gasteiger partial charge on any atom is -0.477 e. The number of carboxylic acids is 1. The summed E-state index contributed by atoms with van der Waals surface area (Å²) in [6, 6.07) is 1.19. The number of nitrogens with one attached hydrogen (secondary N) is 1. The average Bonchev–Trinajstić information content (AvgIpc) is 3.07. The van der Waals surface area contributed by atoms with Crippen molar-refractivity contribution in [1.29, 1.82) is 0 Å². The fourth-order valence-corrected chi connectivity index (χ4v) is 5.22. The number of carboxylic acid groups (broad SMARTS) is 1. The number of nitrogens with zero attached hydrogens (tertiary/aromatic N) is 3.